The summed E-state index contributed by atoms with van der Waals surface area (Å²) >= 11 is 7.52. The molecule has 0 atom stereocenters. The zero-order valence-electron chi connectivity index (χ0n) is 14.0. The van der Waals surface area contributed by atoms with Gasteiger partial charge < -0.3 is 4.42 Å². The normalized spacial score (nSPS) is 14.0. The Morgan fingerprint density at radius 3 is 2.28 bits per heavy atom. The summed E-state index contributed by atoms with van der Waals surface area (Å²) in [6.45, 7) is 4.40. The van der Waals surface area contributed by atoms with Gasteiger partial charge in [0.05, 0.1) is 0 Å². The molecule has 3 heteroatoms. The summed E-state index contributed by atoms with van der Waals surface area (Å²) in [6, 6.07) is 13.1. The summed E-state index contributed by atoms with van der Waals surface area (Å²) in [5, 5.41) is 7.58. The van der Waals surface area contributed by atoms with Gasteiger partial charge in [-0.15, -0.1) is 0 Å². The number of rotatable bonds is 0. The van der Waals surface area contributed by atoms with Crippen molar-refractivity contribution in [2.45, 2.75) is 26.7 Å². The molecular formula is C22H16Br2O. The van der Waals surface area contributed by atoms with E-state index in [1.807, 2.05) is 0 Å². The Kier molecular flexibility index (Phi) is 3.42. The summed E-state index contributed by atoms with van der Waals surface area (Å²) in [7, 11) is 0. The van der Waals surface area contributed by atoms with E-state index in [1.54, 1.807) is 0 Å². The van der Waals surface area contributed by atoms with Crippen molar-refractivity contribution in [3.05, 3.63) is 63.0 Å². The topological polar surface area (TPSA) is 13.1 Å². The molecule has 0 spiro atoms. The highest BCUT2D eigenvalue weighted by Gasteiger charge is 2.19. The quantitative estimate of drug-likeness (QED) is 0.282. The summed E-state index contributed by atoms with van der Waals surface area (Å²) < 4.78 is 8.89. The Bertz CT molecular complexity index is 1280. The van der Waals surface area contributed by atoms with Crippen LogP contribution in [-0.2, 0) is 6.42 Å². The third-order valence-electron chi connectivity index (χ3n) is 5.34. The lowest BCUT2D eigenvalue weighted by Gasteiger charge is -2.13. The second-order valence-corrected chi connectivity index (χ2v) is 8.65. The van der Waals surface area contributed by atoms with Crippen molar-refractivity contribution >= 4 is 68.9 Å². The zero-order valence-corrected chi connectivity index (χ0v) is 17.2. The molecule has 25 heavy (non-hydrogen) atoms. The molecule has 3 aromatic carbocycles. The smallest absolute Gasteiger partial charge is 0.135 e. The first-order chi connectivity index (χ1) is 12.1. The average molecular weight is 456 g/mol. The molecule has 4 aromatic rings. The van der Waals surface area contributed by atoms with Gasteiger partial charge in [-0.25, -0.2) is 0 Å². The predicted molar refractivity (Wildman–Crippen MR) is 113 cm³/mol. The van der Waals surface area contributed by atoms with Crippen LogP contribution in [-0.4, -0.2) is 0 Å². The SMILES string of the molecule is Cc1ccc2c3c(oc4ccc(Br)c5ccc(C)c(c13)c45)CCC=2Br. The van der Waals surface area contributed by atoms with Gasteiger partial charge >= 0.3 is 0 Å². The van der Waals surface area contributed by atoms with Crippen LogP contribution in [0.3, 0.4) is 0 Å². The van der Waals surface area contributed by atoms with E-state index < -0.39 is 0 Å². The van der Waals surface area contributed by atoms with Gasteiger partial charge in [-0.2, -0.15) is 0 Å². The van der Waals surface area contributed by atoms with E-state index >= 15 is 0 Å². The van der Waals surface area contributed by atoms with Crippen LogP contribution < -0.4 is 5.22 Å². The maximum atomic E-state index is 6.51. The van der Waals surface area contributed by atoms with Crippen LogP contribution in [0.4, 0.5) is 0 Å². The predicted octanol–water partition coefficient (Wildman–Crippen LogP) is 6.85. The van der Waals surface area contributed by atoms with Crippen molar-refractivity contribution in [3.63, 3.8) is 0 Å². The fraction of sp³-hybridized carbons (Fsp3) is 0.182. The molecule has 0 N–H and O–H groups in total. The number of halogens is 2. The highest BCUT2D eigenvalue weighted by Crippen LogP contribution is 2.40. The number of aryl methyl sites for hydroxylation is 3. The van der Waals surface area contributed by atoms with Crippen LogP contribution in [0.5, 0.6) is 0 Å². The third-order valence-corrected chi connectivity index (χ3v) is 6.85. The van der Waals surface area contributed by atoms with Gasteiger partial charge in [0, 0.05) is 31.5 Å². The standard InChI is InChI=1S/C22H16Br2O/c1-11-3-5-13-15(23)7-9-17-21(13)19(11)20-12(2)4-6-14-16(24)8-10-18(25-17)22(14)20/h3-7,9H,8,10H2,1-2H3. The minimum atomic E-state index is 0.925. The molecule has 0 amide bonds. The number of benzene rings is 3. The van der Waals surface area contributed by atoms with Crippen molar-refractivity contribution in [1.29, 1.82) is 0 Å². The first-order valence-corrected chi connectivity index (χ1v) is 10.1. The van der Waals surface area contributed by atoms with Gasteiger partial charge in [0.1, 0.15) is 11.3 Å². The maximum Gasteiger partial charge on any atom is 0.135 e. The molecule has 0 bridgehead atoms. The minimum absolute atomic E-state index is 0.925. The highest BCUT2D eigenvalue weighted by molar-refractivity contribution is 9.14. The second kappa shape index (κ2) is 5.46. The molecule has 0 radical (unpaired) electrons. The Morgan fingerprint density at radius 1 is 0.760 bits per heavy atom. The number of fused-ring (bicyclic) bond motifs is 1. The lowest BCUT2D eigenvalue weighted by molar-refractivity contribution is 0.548. The van der Waals surface area contributed by atoms with E-state index in [1.165, 1.54) is 47.8 Å². The first kappa shape index (κ1) is 15.7. The Balaban J connectivity index is 2.29. The van der Waals surface area contributed by atoms with Crippen molar-refractivity contribution in [2.75, 3.05) is 0 Å². The fourth-order valence-corrected chi connectivity index (χ4v) is 5.14. The molecule has 0 fully saturated rings. The van der Waals surface area contributed by atoms with E-state index in [2.05, 4.69) is 82.1 Å². The van der Waals surface area contributed by atoms with E-state index in [-0.39, 0.29) is 0 Å². The molecule has 0 unspecified atom stereocenters. The summed E-state index contributed by atoms with van der Waals surface area (Å²) in [6.07, 6.45) is 1.91. The van der Waals surface area contributed by atoms with E-state index in [4.69, 9.17) is 4.42 Å². The third kappa shape index (κ3) is 2.12. The fourth-order valence-electron chi connectivity index (χ4n) is 4.15. The number of hydrogen-bond acceptors (Lipinski definition) is 1. The van der Waals surface area contributed by atoms with Crippen molar-refractivity contribution in [1.82, 2.24) is 0 Å². The summed E-state index contributed by atoms with van der Waals surface area (Å²) in [5.41, 5.74) is 3.55. The van der Waals surface area contributed by atoms with Gasteiger partial charge in [0.15, 0.2) is 0 Å². The summed E-state index contributed by atoms with van der Waals surface area (Å²) in [4.78, 5) is 0. The highest BCUT2D eigenvalue weighted by atomic mass is 79.9. The molecule has 0 saturated carbocycles. The zero-order chi connectivity index (χ0) is 17.3. The first-order valence-electron chi connectivity index (χ1n) is 8.48. The molecule has 124 valence electrons. The second-order valence-electron chi connectivity index (χ2n) is 6.84. The lowest BCUT2D eigenvalue weighted by atomic mass is 9.92. The molecule has 1 aliphatic rings. The van der Waals surface area contributed by atoms with Gasteiger partial charge in [0.2, 0.25) is 0 Å². The van der Waals surface area contributed by atoms with Gasteiger partial charge in [0.25, 0.3) is 0 Å². The molecule has 1 aromatic heterocycles. The molecule has 1 nitrogen and oxygen atoms in total. The molecule has 1 aliphatic carbocycles. The van der Waals surface area contributed by atoms with E-state index in [0.29, 0.717) is 0 Å². The van der Waals surface area contributed by atoms with Crippen LogP contribution in [0, 0.1) is 13.8 Å². The van der Waals surface area contributed by atoms with Crippen molar-refractivity contribution in [2.24, 2.45) is 0 Å². The van der Waals surface area contributed by atoms with Crippen molar-refractivity contribution < 1.29 is 4.42 Å². The van der Waals surface area contributed by atoms with Crippen molar-refractivity contribution in [3.8, 4) is 0 Å². The van der Waals surface area contributed by atoms with Gasteiger partial charge in [-0.1, -0.05) is 56.1 Å². The Labute approximate surface area is 162 Å². The van der Waals surface area contributed by atoms with Crippen LogP contribution in [0.25, 0.3) is 37.0 Å². The van der Waals surface area contributed by atoms with Crippen LogP contribution in [0.1, 0.15) is 23.3 Å². The Hall–Kier alpha value is -1.58. The molecule has 5 rings (SSSR count). The lowest BCUT2D eigenvalue weighted by Crippen LogP contribution is -2.12. The van der Waals surface area contributed by atoms with Crippen LogP contribution in [0.2, 0.25) is 0 Å². The molecule has 1 heterocycles. The monoisotopic (exact) mass is 454 g/mol. The largest absolute Gasteiger partial charge is 0.460 e. The van der Waals surface area contributed by atoms with Gasteiger partial charge in [-0.3, -0.25) is 0 Å². The molecule has 0 aliphatic heterocycles. The molecular weight excluding hydrogens is 440 g/mol. The van der Waals surface area contributed by atoms with Gasteiger partial charge in [-0.05, 0) is 59.5 Å². The average Bonchev–Trinajstić information content (AvgIpc) is 2.75. The Morgan fingerprint density at radius 2 is 1.48 bits per heavy atom. The molecule has 0 saturated heterocycles. The van der Waals surface area contributed by atoms with Crippen LogP contribution >= 0.6 is 31.9 Å². The van der Waals surface area contributed by atoms with E-state index in [0.717, 1.165) is 28.7 Å². The minimum Gasteiger partial charge on any atom is -0.460 e. The summed E-state index contributed by atoms with van der Waals surface area (Å²) in [5.74, 6) is 1.09. The number of hydrogen-bond donors (Lipinski definition) is 0. The maximum absolute atomic E-state index is 6.51. The van der Waals surface area contributed by atoms with Crippen LogP contribution in [0.15, 0.2) is 45.3 Å². The van der Waals surface area contributed by atoms with E-state index in [9.17, 15) is 0 Å².